The van der Waals surface area contributed by atoms with E-state index < -0.39 is 0 Å². The number of benzene rings is 2. The van der Waals surface area contributed by atoms with E-state index in [1.54, 1.807) is 0 Å². The van der Waals surface area contributed by atoms with Crippen molar-refractivity contribution in [1.82, 2.24) is 9.55 Å². The zero-order valence-corrected chi connectivity index (χ0v) is 11.6. The van der Waals surface area contributed by atoms with Gasteiger partial charge in [0, 0.05) is 17.3 Å². The number of hydrogen-bond acceptors (Lipinski definition) is 2. The van der Waals surface area contributed by atoms with Crippen LogP contribution in [0.25, 0.3) is 11.3 Å². The molecule has 0 saturated carbocycles. The highest BCUT2D eigenvalue weighted by Gasteiger charge is 2.05. The first kappa shape index (κ1) is 12.8. The maximum Gasteiger partial charge on any atom is 0.0954 e. The molecule has 20 heavy (non-hydrogen) atoms. The van der Waals surface area contributed by atoms with Crippen LogP contribution < -0.4 is 5.73 Å². The van der Waals surface area contributed by atoms with E-state index in [9.17, 15) is 0 Å². The molecular weight excluding hydrogens is 270 g/mol. The molecule has 3 nitrogen and oxygen atoms in total. The Morgan fingerprint density at radius 3 is 2.40 bits per heavy atom. The SMILES string of the molecule is Nc1ccc(Cn2cncc2-c2ccc(Cl)cc2)cc1. The van der Waals surface area contributed by atoms with Crippen molar-refractivity contribution in [2.75, 3.05) is 5.73 Å². The molecule has 0 radical (unpaired) electrons. The molecule has 0 aliphatic carbocycles. The lowest BCUT2D eigenvalue weighted by atomic mass is 10.1. The third-order valence-electron chi connectivity index (χ3n) is 3.18. The summed E-state index contributed by atoms with van der Waals surface area (Å²) in [5, 5.41) is 0.735. The average Bonchev–Trinajstić information content (AvgIpc) is 2.90. The number of anilines is 1. The van der Waals surface area contributed by atoms with Crippen molar-refractivity contribution in [3.63, 3.8) is 0 Å². The maximum absolute atomic E-state index is 5.92. The van der Waals surface area contributed by atoms with Gasteiger partial charge in [-0.1, -0.05) is 35.9 Å². The summed E-state index contributed by atoms with van der Waals surface area (Å²) in [6.07, 6.45) is 3.70. The van der Waals surface area contributed by atoms with E-state index in [2.05, 4.69) is 9.55 Å². The van der Waals surface area contributed by atoms with E-state index in [-0.39, 0.29) is 0 Å². The summed E-state index contributed by atoms with van der Waals surface area (Å²) in [5.74, 6) is 0. The summed E-state index contributed by atoms with van der Waals surface area (Å²) in [4.78, 5) is 4.24. The van der Waals surface area contributed by atoms with Gasteiger partial charge in [0.25, 0.3) is 0 Å². The summed E-state index contributed by atoms with van der Waals surface area (Å²) < 4.78 is 2.11. The Balaban J connectivity index is 1.90. The van der Waals surface area contributed by atoms with Gasteiger partial charge in [-0.3, -0.25) is 0 Å². The Hall–Kier alpha value is -2.26. The van der Waals surface area contributed by atoms with Crippen LogP contribution in [0.4, 0.5) is 5.69 Å². The van der Waals surface area contributed by atoms with Crippen molar-refractivity contribution in [3.8, 4) is 11.3 Å². The number of hydrogen-bond donors (Lipinski definition) is 1. The lowest BCUT2D eigenvalue weighted by Crippen LogP contribution is -2.00. The second-order valence-electron chi connectivity index (χ2n) is 4.66. The van der Waals surface area contributed by atoms with Crippen LogP contribution in [-0.2, 0) is 6.54 Å². The molecule has 2 aromatic carbocycles. The summed E-state index contributed by atoms with van der Waals surface area (Å²) >= 11 is 5.92. The van der Waals surface area contributed by atoms with Crippen LogP contribution in [0.3, 0.4) is 0 Å². The first-order chi connectivity index (χ1) is 9.72. The Bertz CT molecular complexity index is 699. The predicted molar refractivity (Wildman–Crippen MR) is 82.6 cm³/mol. The van der Waals surface area contributed by atoms with Crippen molar-refractivity contribution in [1.29, 1.82) is 0 Å². The zero-order valence-electron chi connectivity index (χ0n) is 10.8. The molecule has 100 valence electrons. The maximum atomic E-state index is 5.92. The molecule has 0 amide bonds. The number of halogens is 1. The van der Waals surface area contributed by atoms with Crippen molar-refractivity contribution in [3.05, 3.63) is 71.6 Å². The molecule has 1 heterocycles. The molecule has 0 fully saturated rings. The molecule has 0 spiro atoms. The van der Waals surface area contributed by atoms with E-state index in [0.29, 0.717) is 0 Å². The number of nitrogens with two attached hydrogens (primary N) is 1. The summed E-state index contributed by atoms with van der Waals surface area (Å²) in [6, 6.07) is 15.6. The largest absolute Gasteiger partial charge is 0.399 e. The molecule has 0 saturated heterocycles. The molecule has 2 N–H and O–H groups in total. The van der Waals surface area contributed by atoms with Gasteiger partial charge in [-0.2, -0.15) is 0 Å². The quantitative estimate of drug-likeness (QED) is 0.742. The molecule has 0 aliphatic rings. The fourth-order valence-corrected chi connectivity index (χ4v) is 2.25. The highest BCUT2D eigenvalue weighted by Crippen LogP contribution is 2.22. The minimum absolute atomic E-state index is 0.735. The Kier molecular flexibility index (Phi) is 3.44. The van der Waals surface area contributed by atoms with E-state index in [1.165, 1.54) is 5.56 Å². The molecular formula is C16H14ClN3. The zero-order chi connectivity index (χ0) is 13.9. The third kappa shape index (κ3) is 2.68. The van der Waals surface area contributed by atoms with Crippen LogP contribution in [0, 0.1) is 0 Å². The lowest BCUT2D eigenvalue weighted by Gasteiger charge is -2.09. The number of aromatic nitrogens is 2. The smallest absolute Gasteiger partial charge is 0.0954 e. The van der Waals surface area contributed by atoms with Crippen molar-refractivity contribution >= 4 is 17.3 Å². The van der Waals surface area contributed by atoms with E-state index in [0.717, 1.165) is 28.5 Å². The third-order valence-corrected chi connectivity index (χ3v) is 3.44. The van der Waals surface area contributed by atoms with Gasteiger partial charge < -0.3 is 10.3 Å². The monoisotopic (exact) mass is 283 g/mol. The van der Waals surface area contributed by atoms with Gasteiger partial charge in [0.1, 0.15) is 0 Å². The summed E-state index contributed by atoms with van der Waals surface area (Å²) in [6.45, 7) is 0.762. The van der Waals surface area contributed by atoms with Gasteiger partial charge in [0.05, 0.1) is 18.2 Å². The van der Waals surface area contributed by atoms with Gasteiger partial charge in [0.15, 0.2) is 0 Å². The van der Waals surface area contributed by atoms with Crippen LogP contribution in [0.2, 0.25) is 5.02 Å². The average molecular weight is 284 g/mol. The van der Waals surface area contributed by atoms with Gasteiger partial charge in [-0.25, -0.2) is 4.98 Å². The van der Waals surface area contributed by atoms with Gasteiger partial charge >= 0.3 is 0 Å². The van der Waals surface area contributed by atoms with E-state index >= 15 is 0 Å². The fraction of sp³-hybridized carbons (Fsp3) is 0.0625. The molecule has 1 aromatic heterocycles. The molecule has 0 atom stereocenters. The lowest BCUT2D eigenvalue weighted by molar-refractivity contribution is 0.805. The molecule has 0 bridgehead atoms. The number of nitrogen functional groups attached to an aromatic ring is 1. The van der Waals surface area contributed by atoms with Gasteiger partial charge in [-0.05, 0) is 35.4 Å². The molecule has 0 unspecified atom stereocenters. The van der Waals surface area contributed by atoms with E-state index in [4.69, 9.17) is 17.3 Å². The minimum Gasteiger partial charge on any atom is -0.399 e. The first-order valence-electron chi connectivity index (χ1n) is 6.33. The molecule has 4 heteroatoms. The van der Waals surface area contributed by atoms with Gasteiger partial charge in [-0.15, -0.1) is 0 Å². The second-order valence-corrected chi connectivity index (χ2v) is 5.09. The Morgan fingerprint density at radius 2 is 1.70 bits per heavy atom. The van der Waals surface area contributed by atoms with Crippen molar-refractivity contribution in [2.45, 2.75) is 6.54 Å². The van der Waals surface area contributed by atoms with Crippen LogP contribution in [0.15, 0.2) is 61.1 Å². The normalized spacial score (nSPS) is 10.7. The summed E-state index contributed by atoms with van der Waals surface area (Å²) in [5.41, 5.74) is 9.83. The van der Waals surface area contributed by atoms with Crippen LogP contribution >= 0.6 is 11.6 Å². The first-order valence-corrected chi connectivity index (χ1v) is 6.71. The van der Waals surface area contributed by atoms with Crippen molar-refractivity contribution < 1.29 is 0 Å². The van der Waals surface area contributed by atoms with Crippen LogP contribution in [0.5, 0.6) is 0 Å². The second kappa shape index (κ2) is 5.39. The predicted octanol–water partition coefficient (Wildman–Crippen LogP) is 3.83. The minimum atomic E-state index is 0.735. The molecule has 0 aliphatic heterocycles. The number of imidazole rings is 1. The number of rotatable bonds is 3. The Labute approximate surface area is 122 Å². The summed E-state index contributed by atoms with van der Waals surface area (Å²) in [7, 11) is 0. The highest BCUT2D eigenvalue weighted by atomic mass is 35.5. The van der Waals surface area contributed by atoms with Crippen LogP contribution in [-0.4, -0.2) is 9.55 Å². The molecule has 3 rings (SSSR count). The van der Waals surface area contributed by atoms with Crippen LogP contribution in [0.1, 0.15) is 5.56 Å². The van der Waals surface area contributed by atoms with E-state index in [1.807, 2.05) is 61.1 Å². The number of nitrogens with zero attached hydrogens (tertiary/aromatic N) is 2. The molecule has 3 aromatic rings. The van der Waals surface area contributed by atoms with Crippen molar-refractivity contribution in [2.24, 2.45) is 0 Å². The highest BCUT2D eigenvalue weighted by molar-refractivity contribution is 6.30. The topological polar surface area (TPSA) is 43.8 Å². The Morgan fingerprint density at radius 1 is 1.00 bits per heavy atom. The van der Waals surface area contributed by atoms with Gasteiger partial charge in [0.2, 0.25) is 0 Å². The fourth-order valence-electron chi connectivity index (χ4n) is 2.13. The standard InChI is InChI=1S/C16H14ClN3/c17-14-5-3-13(4-6-14)16-9-19-11-20(16)10-12-1-7-15(18)8-2-12/h1-9,11H,10,18H2.